The molecular formula is C22H23BrN4O2. The van der Waals surface area contributed by atoms with Crippen LogP contribution >= 0.6 is 15.9 Å². The molecule has 1 aliphatic rings. The van der Waals surface area contributed by atoms with Crippen LogP contribution in [0.5, 0.6) is 0 Å². The molecule has 0 atom stereocenters. The van der Waals surface area contributed by atoms with Crippen molar-refractivity contribution in [3.05, 3.63) is 70.5 Å². The topological polar surface area (TPSA) is 62.5 Å². The first-order valence-corrected chi connectivity index (χ1v) is 10.6. The van der Waals surface area contributed by atoms with Crippen molar-refractivity contribution in [1.82, 2.24) is 19.9 Å². The number of halogens is 1. The van der Waals surface area contributed by atoms with Crippen molar-refractivity contribution in [2.75, 3.05) is 26.2 Å². The Hall–Kier alpha value is -2.51. The molecule has 3 aromatic rings. The van der Waals surface area contributed by atoms with E-state index in [2.05, 4.69) is 55.2 Å². The molecule has 0 bridgehead atoms. The number of carbonyl (C=O) groups is 1. The zero-order valence-corrected chi connectivity index (χ0v) is 17.7. The van der Waals surface area contributed by atoms with Crippen LogP contribution in [0.25, 0.3) is 11.4 Å². The lowest BCUT2D eigenvalue weighted by Gasteiger charge is -2.34. The van der Waals surface area contributed by atoms with Crippen LogP contribution in [-0.4, -0.2) is 52.0 Å². The van der Waals surface area contributed by atoms with E-state index in [1.165, 1.54) is 5.56 Å². The van der Waals surface area contributed by atoms with Crippen LogP contribution in [0.1, 0.15) is 17.9 Å². The Morgan fingerprint density at radius 3 is 2.45 bits per heavy atom. The highest BCUT2D eigenvalue weighted by Gasteiger charge is 2.21. The first kappa shape index (κ1) is 19.8. The fraction of sp³-hybridized carbons (Fsp3) is 0.318. The van der Waals surface area contributed by atoms with Crippen molar-refractivity contribution in [3.8, 4) is 11.4 Å². The van der Waals surface area contributed by atoms with Crippen molar-refractivity contribution in [3.63, 3.8) is 0 Å². The summed E-state index contributed by atoms with van der Waals surface area (Å²) in [6.45, 7) is 4.26. The Kier molecular flexibility index (Phi) is 6.36. The normalized spacial score (nSPS) is 14.9. The van der Waals surface area contributed by atoms with Gasteiger partial charge in [0.25, 0.3) is 0 Å². The summed E-state index contributed by atoms with van der Waals surface area (Å²) < 4.78 is 6.32. The molecule has 7 heteroatoms. The molecule has 1 aliphatic heterocycles. The average Bonchev–Trinajstić information content (AvgIpc) is 3.23. The molecule has 1 amide bonds. The van der Waals surface area contributed by atoms with E-state index < -0.39 is 0 Å². The summed E-state index contributed by atoms with van der Waals surface area (Å²) in [5.74, 6) is 1.20. The Morgan fingerprint density at radius 1 is 1.00 bits per heavy atom. The fourth-order valence-electron chi connectivity index (χ4n) is 3.44. The van der Waals surface area contributed by atoms with Gasteiger partial charge in [-0.25, -0.2) is 0 Å². The minimum atomic E-state index is 0.146. The lowest BCUT2D eigenvalue weighted by Crippen LogP contribution is -2.48. The molecule has 6 nitrogen and oxygen atoms in total. The van der Waals surface area contributed by atoms with Crippen molar-refractivity contribution < 1.29 is 9.32 Å². The maximum atomic E-state index is 12.6. The van der Waals surface area contributed by atoms with Gasteiger partial charge in [-0.05, 0) is 29.8 Å². The van der Waals surface area contributed by atoms with Crippen molar-refractivity contribution in [2.24, 2.45) is 0 Å². The number of aromatic nitrogens is 2. The number of carbonyl (C=O) groups excluding carboxylic acids is 1. The van der Waals surface area contributed by atoms with Gasteiger partial charge in [-0.3, -0.25) is 9.69 Å². The fourth-order valence-corrected chi connectivity index (χ4v) is 3.71. The minimum Gasteiger partial charge on any atom is -0.340 e. The second-order valence-electron chi connectivity index (χ2n) is 7.16. The van der Waals surface area contributed by atoms with Gasteiger partial charge >= 0.3 is 0 Å². The SMILES string of the molecule is O=C(CCc1nc(-c2ccc(Br)cc2)no1)N1CCN(Cc2ccccc2)CC1. The summed E-state index contributed by atoms with van der Waals surface area (Å²) in [5.41, 5.74) is 2.20. The van der Waals surface area contributed by atoms with E-state index in [0.29, 0.717) is 24.6 Å². The predicted molar refractivity (Wildman–Crippen MR) is 114 cm³/mol. The Bertz CT molecular complexity index is 935. The van der Waals surface area contributed by atoms with Crippen molar-refractivity contribution in [1.29, 1.82) is 0 Å². The highest BCUT2D eigenvalue weighted by Crippen LogP contribution is 2.19. The summed E-state index contributed by atoms with van der Waals surface area (Å²) in [4.78, 5) is 21.3. The zero-order chi connectivity index (χ0) is 20.1. The molecule has 0 N–H and O–H groups in total. The molecule has 0 radical (unpaired) electrons. The molecular weight excluding hydrogens is 432 g/mol. The van der Waals surface area contributed by atoms with Gasteiger partial charge in [0, 0.05) is 55.6 Å². The molecule has 2 heterocycles. The van der Waals surface area contributed by atoms with Crippen LogP contribution in [-0.2, 0) is 17.8 Å². The van der Waals surface area contributed by atoms with Gasteiger partial charge in [-0.2, -0.15) is 4.98 Å². The summed E-state index contributed by atoms with van der Waals surface area (Å²) in [6.07, 6.45) is 0.854. The second kappa shape index (κ2) is 9.33. The molecule has 0 aliphatic carbocycles. The summed E-state index contributed by atoms with van der Waals surface area (Å²) in [5, 5.41) is 4.02. The van der Waals surface area contributed by atoms with E-state index in [4.69, 9.17) is 4.52 Å². The molecule has 2 aromatic carbocycles. The zero-order valence-electron chi connectivity index (χ0n) is 16.1. The van der Waals surface area contributed by atoms with Gasteiger partial charge < -0.3 is 9.42 Å². The summed E-state index contributed by atoms with van der Waals surface area (Å²) >= 11 is 3.41. The third-order valence-corrected chi connectivity index (χ3v) is 5.63. The van der Waals surface area contributed by atoms with E-state index in [-0.39, 0.29) is 5.91 Å². The Labute approximate surface area is 178 Å². The summed E-state index contributed by atoms with van der Waals surface area (Å²) in [6, 6.07) is 18.2. The van der Waals surface area contributed by atoms with E-state index in [9.17, 15) is 4.79 Å². The number of nitrogens with zero attached hydrogens (tertiary/aromatic N) is 4. The molecule has 150 valence electrons. The third-order valence-electron chi connectivity index (χ3n) is 5.10. The highest BCUT2D eigenvalue weighted by molar-refractivity contribution is 9.10. The van der Waals surface area contributed by atoms with E-state index in [1.54, 1.807) is 0 Å². The monoisotopic (exact) mass is 454 g/mol. The van der Waals surface area contributed by atoms with Crippen LogP contribution < -0.4 is 0 Å². The van der Waals surface area contributed by atoms with Crippen LogP contribution in [0.4, 0.5) is 0 Å². The minimum absolute atomic E-state index is 0.146. The number of aryl methyl sites for hydroxylation is 1. The van der Waals surface area contributed by atoms with Gasteiger partial charge in [0.15, 0.2) is 0 Å². The van der Waals surface area contributed by atoms with Crippen LogP contribution in [0, 0.1) is 0 Å². The number of amides is 1. The van der Waals surface area contributed by atoms with Gasteiger partial charge in [0.2, 0.25) is 17.6 Å². The van der Waals surface area contributed by atoms with Gasteiger partial charge in [-0.15, -0.1) is 0 Å². The van der Waals surface area contributed by atoms with Gasteiger partial charge in [0.1, 0.15) is 0 Å². The molecule has 0 unspecified atom stereocenters. The number of rotatable bonds is 6. The number of piperazine rings is 1. The molecule has 0 spiro atoms. The van der Waals surface area contributed by atoms with E-state index in [1.807, 2.05) is 35.2 Å². The van der Waals surface area contributed by atoms with Crippen molar-refractivity contribution >= 4 is 21.8 Å². The molecule has 1 saturated heterocycles. The van der Waals surface area contributed by atoms with Crippen LogP contribution in [0.3, 0.4) is 0 Å². The molecule has 0 saturated carbocycles. The molecule has 1 aromatic heterocycles. The van der Waals surface area contributed by atoms with Gasteiger partial charge in [0.05, 0.1) is 0 Å². The van der Waals surface area contributed by atoms with Crippen molar-refractivity contribution in [2.45, 2.75) is 19.4 Å². The highest BCUT2D eigenvalue weighted by atomic mass is 79.9. The largest absolute Gasteiger partial charge is 0.340 e. The maximum absolute atomic E-state index is 12.6. The third kappa shape index (κ3) is 5.31. The smallest absolute Gasteiger partial charge is 0.227 e. The lowest BCUT2D eigenvalue weighted by molar-refractivity contribution is -0.133. The van der Waals surface area contributed by atoms with Crippen LogP contribution in [0.2, 0.25) is 0 Å². The number of hydrogen-bond acceptors (Lipinski definition) is 5. The number of benzene rings is 2. The maximum Gasteiger partial charge on any atom is 0.227 e. The van der Waals surface area contributed by atoms with Gasteiger partial charge in [-0.1, -0.05) is 51.4 Å². The predicted octanol–water partition coefficient (Wildman–Crippen LogP) is 3.78. The Balaban J connectivity index is 1.24. The lowest BCUT2D eigenvalue weighted by atomic mass is 10.2. The standard InChI is InChI=1S/C22H23BrN4O2/c23-19-8-6-18(7-9-19)22-24-20(29-25-22)10-11-21(28)27-14-12-26(13-15-27)16-17-4-2-1-3-5-17/h1-9H,10-16H2. The Morgan fingerprint density at radius 2 is 1.72 bits per heavy atom. The van der Waals surface area contributed by atoms with E-state index >= 15 is 0 Å². The quantitative estimate of drug-likeness (QED) is 0.566. The molecule has 29 heavy (non-hydrogen) atoms. The summed E-state index contributed by atoms with van der Waals surface area (Å²) in [7, 11) is 0. The van der Waals surface area contributed by atoms with E-state index in [0.717, 1.165) is 42.8 Å². The molecule has 1 fully saturated rings. The first-order chi connectivity index (χ1) is 14.2. The molecule has 4 rings (SSSR count). The average molecular weight is 455 g/mol. The number of hydrogen-bond donors (Lipinski definition) is 0. The van der Waals surface area contributed by atoms with Crippen LogP contribution in [0.15, 0.2) is 63.6 Å². The second-order valence-corrected chi connectivity index (χ2v) is 8.08. The first-order valence-electron chi connectivity index (χ1n) is 9.80.